The minimum atomic E-state index is 0.232. The Morgan fingerprint density at radius 3 is 2.16 bits per heavy atom. The highest BCUT2D eigenvalue weighted by Crippen LogP contribution is 2.15. The van der Waals surface area contributed by atoms with Crippen LogP contribution < -0.4 is 10.5 Å². The summed E-state index contributed by atoms with van der Waals surface area (Å²) in [4.78, 5) is 0.811. The standard InChI is InChI=1S/C13H12N2OS.CH5N/c1-16-10-6-4-9(5-7-10)12(14)13(15)11-3-2-8-17-11;1-2/h2-8,14-15H,1H3;2H2,1H3. The number of benzene rings is 1. The van der Waals surface area contributed by atoms with Gasteiger partial charge in [0.1, 0.15) is 5.75 Å². The molecule has 19 heavy (non-hydrogen) atoms. The molecule has 1 aromatic carbocycles. The number of nitrogens with one attached hydrogen (secondary N) is 2. The van der Waals surface area contributed by atoms with Crippen molar-refractivity contribution in [2.45, 2.75) is 0 Å². The van der Waals surface area contributed by atoms with Gasteiger partial charge in [0.15, 0.2) is 0 Å². The first-order valence-corrected chi connectivity index (χ1v) is 6.54. The lowest BCUT2D eigenvalue weighted by Gasteiger charge is -2.05. The fourth-order valence-electron chi connectivity index (χ4n) is 1.45. The van der Waals surface area contributed by atoms with Gasteiger partial charge < -0.3 is 10.5 Å². The molecule has 5 heteroatoms. The molecule has 0 unspecified atom stereocenters. The van der Waals surface area contributed by atoms with Crippen molar-refractivity contribution in [1.82, 2.24) is 0 Å². The molecule has 0 saturated carbocycles. The van der Waals surface area contributed by atoms with E-state index in [0.717, 1.165) is 16.2 Å². The number of hydrogen-bond donors (Lipinski definition) is 3. The minimum absolute atomic E-state index is 0.232. The Balaban J connectivity index is 0.000000861. The van der Waals surface area contributed by atoms with E-state index in [4.69, 9.17) is 15.6 Å². The van der Waals surface area contributed by atoms with Crippen molar-refractivity contribution in [2.24, 2.45) is 5.73 Å². The average Bonchev–Trinajstić information content (AvgIpc) is 3.02. The zero-order chi connectivity index (χ0) is 14.3. The quantitative estimate of drug-likeness (QED) is 0.750. The maximum absolute atomic E-state index is 7.98. The Morgan fingerprint density at radius 1 is 1.05 bits per heavy atom. The molecular weight excluding hydrogens is 258 g/mol. The van der Waals surface area contributed by atoms with Crippen LogP contribution in [0.15, 0.2) is 41.8 Å². The zero-order valence-electron chi connectivity index (χ0n) is 10.9. The van der Waals surface area contributed by atoms with Gasteiger partial charge in [0.25, 0.3) is 0 Å². The third-order valence-corrected chi connectivity index (χ3v) is 3.28. The maximum Gasteiger partial charge on any atom is 0.118 e. The summed E-state index contributed by atoms with van der Waals surface area (Å²) in [6.45, 7) is 0. The first-order chi connectivity index (χ1) is 9.22. The Bertz CT molecular complexity index is 532. The van der Waals surface area contributed by atoms with Crippen LogP contribution in [0.5, 0.6) is 5.75 Å². The Labute approximate surface area is 116 Å². The predicted molar refractivity (Wildman–Crippen MR) is 81.1 cm³/mol. The molecule has 0 amide bonds. The van der Waals surface area contributed by atoms with Crippen LogP contribution in [0.25, 0.3) is 0 Å². The molecule has 4 N–H and O–H groups in total. The van der Waals surface area contributed by atoms with Gasteiger partial charge in [-0.05, 0) is 42.8 Å². The molecule has 0 aliphatic heterocycles. The second-order valence-corrected chi connectivity index (χ2v) is 4.40. The SMILES string of the molecule is CN.COc1ccc(C(=N)C(=N)c2cccs2)cc1. The molecule has 0 radical (unpaired) electrons. The summed E-state index contributed by atoms with van der Waals surface area (Å²) in [6.07, 6.45) is 0. The molecule has 1 heterocycles. The molecule has 0 bridgehead atoms. The highest BCUT2D eigenvalue weighted by atomic mass is 32.1. The summed E-state index contributed by atoms with van der Waals surface area (Å²) in [5.74, 6) is 0.754. The Morgan fingerprint density at radius 2 is 1.68 bits per heavy atom. The summed E-state index contributed by atoms with van der Waals surface area (Å²) in [5.41, 5.74) is 5.71. The molecule has 0 atom stereocenters. The van der Waals surface area contributed by atoms with Crippen LogP contribution in [-0.4, -0.2) is 25.6 Å². The van der Waals surface area contributed by atoms with E-state index in [1.54, 1.807) is 31.4 Å². The Kier molecular flexibility index (Phi) is 5.92. The third kappa shape index (κ3) is 3.74. The molecule has 0 aliphatic rings. The van der Waals surface area contributed by atoms with E-state index in [9.17, 15) is 0 Å². The van der Waals surface area contributed by atoms with E-state index in [0.29, 0.717) is 0 Å². The van der Waals surface area contributed by atoms with Crippen LogP contribution in [0.2, 0.25) is 0 Å². The lowest BCUT2D eigenvalue weighted by Crippen LogP contribution is -2.13. The van der Waals surface area contributed by atoms with Gasteiger partial charge in [-0.2, -0.15) is 0 Å². The summed E-state index contributed by atoms with van der Waals surface area (Å²) < 4.78 is 5.06. The van der Waals surface area contributed by atoms with E-state index in [2.05, 4.69) is 5.73 Å². The predicted octanol–water partition coefficient (Wildman–Crippen LogP) is 2.77. The van der Waals surface area contributed by atoms with Crippen LogP contribution >= 0.6 is 11.3 Å². The summed E-state index contributed by atoms with van der Waals surface area (Å²) in [5, 5.41) is 17.8. The molecule has 100 valence electrons. The molecule has 0 aliphatic carbocycles. The van der Waals surface area contributed by atoms with E-state index in [1.165, 1.54) is 18.4 Å². The van der Waals surface area contributed by atoms with Crippen LogP contribution in [0.3, 0.4) is 0 Å². The van der Waals surface area contributed by atoms with Crippen molar-refractivity contribution in [2.75, 3.05) is 14.2 Å². The highest BCUT2D eigenvalue weighted by Gasteiger charge is 2.11. The summed E-state index contributed by atoms with van der Waals surface area (Å²) in [7, 11) is 3.11. The van der Waals surface area contributed by atoms with Gasteiger partial charge in [0, 0.05) is 5.56 Å². The smallest absolute Gasteiger partial charge is 0.118 e. The van der Waals surface area contributed by atoms with Gasteiger partial charge in [0.05, 0.1) is 23.4 Å². The number of ether oxygens (including phenoxy) is 1. The topological polar surface area (TPSA) is 83.0 Å². The molecule has 0 saturated heterocycles. The third-order valence-electron chi connectivity index (χ3n) is 2.40. The molecule has 2 aromatic rings. The molecule has 1 aromatic heterocycles. The molecule has 2 rings (SSSR count). The van der Waals surface area contributed by atoms with Gasteiger partial charge in [-0.15, -0.1) is 11.3 Å². The van der Waals surface area contributed by atoms with Crippen molar-refractivity contribution in [1.29, 1.82) is 10.8 Å². The van der Waals surface area contributed by atoms with Crippen molar-refractivity contribution in [3.63, 3.8) is 0 Å². The molecular formula is C14H17N3OS. The van der Waals surface area contributed by atoms with E-state index in [-0.39, 0.29) is 11.4 Å². The van der Waals surface area contributed by atoms with Gasteiger partial charge in [0.2, 0.25) is 0 Å². The lowest BCUT2D eigenvalue weighted by atomic mass is 10.1. The highest BCUT2D eigenvalue weighted by molar-refractivity contribution is 7.13. The van der Waals surface area contributed by atoms with Crippen molar-refractivity contribution in [3.05, 3.63) is 52.2 Å². The van der Waals surface area contributed by atoms with E-state index in [1.807, 2.05) is 17.5 Å². The number of nitrogens with two attached hydrogens (primary N) is 1. The van der Waals surface area contributed by atoms with Crippen molar-refractivity contribution >= 4 is 22.8 Å². The van der Waals surface area contributed by atoms with E-state index < -0.39 is 0 Å². The molecule has 4 nitrogen and oxygen atoms in total. The van der Waals surface area contributed by atoms with Crippen LogP contribution in [0, 0.1) is 10.8 Å². The first-order valence-electron chi connectivity index (χ1n) is 5.66. The zero-order valence-corrected chi connectivity index (χ0v) is 11.8. The van der Waals surface area contributed by atoms with Crippen LogP contribution in [0.1, 0.15) is 10.4 Å². The number of methoxy groups -OCH3 is 1. The number of rotatable bonds is 4. The fourth-order valence-corrected chi connectivity index (χ4v) is 2.13. The van der Waals surface area contributed by atoms with Gasteiger partial charge in [-0.3, -0.25) is 10.8 Å². The summed E-state index contributed by atoms with van der Waals surface area (Å²) >= 11 is 1.47. The first kappa shape index (κ1) is 15.1. The molecule has 0 fully saturated rings. The second kappa shape index (κ2) is 7.45. The van der Waals surface area contributed by atoms with E-state index >= 15 is 0 Å². The summed E-state index contributed by atoms with van der Waals surface area (Å²) in [6, 6.07) is 10.9. The maximum atomic E-state index is 7.98. The number of thiophene rings is 1. The van der Waals surface area contributed by atoms with Crippen molar-refractivity contribution in [3.8, 4) is 5.75 Å². The molecule has 0 spiro atoms. The fraction of sp³-hybridized carbons (Fsp3) is 0.143. The Hall–Kier alpha value is -1.98. The lowest BCUT2D eigenvalue weighted by molar-refractivity contribution is 0.415. The van der Waals surface area contributed by atoms with Gasteiger partial charge >= 0.3 is 0 Å². The van der Waals surface area contributed by atoms with Gasteiger partial charge in [-0.1, -0.05) is 6.07 Å². The monoisotopic (exact) mass is 275 g/mol. The average molecular weight is 275 g/mol. The normalized spacial score (nSPS) is 9.21. The number of hydrogen-bond acceptors (Lipinski definition) is 5. The van der Waals surface area contributed by atoms with Crippen molar-refractivity contribution < 1.29 is 4.74 Å². The van der Waals surface area contributed by atoms with Crippen LogP contribution in [-0.2, 0) is 0 Å². The van der Waals surface area contributed by atoms with Crippen LogP contribution in [0.4, 0.5) is 0 Å². The largest absolute Gasteiger partial charge is 0.497 e. The second-order valence-electron chi connectivity index (χ2n) is 3.46. The van der Waals surface area contributed by atoms with Gasteiger partial charge in [-0.25, -0.2) is 0 Å². The minimum Gasteiger partial charge on any atom is -0.497 e.